The summed E-state index contributed by atoms with van der Waals surface area (Å²) in [6.45, 7) is 4.42. The van der Waals surface area contributed by atoms with Crippen LogP contribution in [0.5, 0.6) is 11.5 Å². The highest BCUT2D eigenvalue weighted by atomic mass is 16.7. The molecule has 3 heterocycles. The lowest BCUT2D eigenvalue weighted by Crippen LogP contribution is -3.12. The molecule has 2 aliphatic heterocycles. The van der Waals surface area contributed by atoms with Crippen LogP contribution in [0.1, 0.15) is 5.56 Å². The number of benzene rings is 1. The van der Waals surface area contributed by atoms with E-state index in [-0.39, 0.29) is 12.4 Å². The molecule has 2 aliphatic rings. The van der Waals surface area contributed by atoms with Crippen molar-refractivity contribution in [2.75, 3.05) is 33.1 Å². The summed E-state index contributed by atoms with van der Waals surface area (Å²) in [7, 11) is 0. The molecule has 0 aliphatic carbocycles. The van der Waals surface area contributed by atoms with Crippen molar-refractivity contribution in [2.24, 2.45) is 0 Å². The molecule has 0 spiro atoms. The van der Waals surface area contributed by atoms with Gasteiger partial charge in [-0.1, -0.05) is 0 Å². The van der Waals surface area contributed by atoms with E-state index in [1.54, 1.807) is 12.1 Å². The zero-order chi connectivity index (χ0) is 14.2. The summed E-state index contributed by atoms with van der Waals surface area (Å²) in [4.78, 5) is 13.2. The standard InChI is InChI=1S/C15H15NO5/c17-15-5-10(8-16-1-3-18-4-2-16)11-6-13-14(20-9-19-13)7-12(11)21-15/h5-7H,1-4,8-9H2/p+1. The molecule has 1 aromatic heterocycles. The molecule has 0 radical (unpaired) electrons. The monoisotopic (exact) mass is 290 g/mol. The van der Waals surface area contributed by atoms with Gasteiger partial charge < -0.3 is 23.5 Å². The van der Waals surface area contributed by atoms with Gasteiger partial charge in [-0.25, -0.2) is 4.79 Å². The van der Waals surface area contributed by atoms with Crippen molar-refractivity contribution in [3.05, 3.63) is 34.2 Å². The first-order valence-electron chi connectivity index (χ1n) is 7.07. The first-order valence-corrected chi connectivity index (χ1v) is 7.07. The molecule has 0 unspecified atom stereocenters. The van der Waals surface area contributed by atoms with E-state index in [4.69, 9.17) is 18.6 Å². The van der Waals surface area contributed by atoms with E-state index in [0.717, 1.165) is 43.8 Å². The second kappa shape index (κ2) is 5.05. The Labute approximate surface area is 120 Å². The lowest BCUT2D eigenvalue weighted by atomic mass is 10.1. The first-order chi connectivity index (χ1) is 10.3. The summed E-state index contributed by atoms with van der Waals surface area (Å²) >= 11 is 0. The molecule has 1 saturated heterocycles. The Balaban J connectivity index is 1.77. The zero-order valence-electron chi connectivity index (χ0n) is 11.5. The Kier molecular flexibility index (Phi) is 3.05. The van der Waals surface area contributed by atoms with Crippen LogP contribution in [0.3, 0.4) is 0 Å². The van der Waals surface area contributed by atoms with Gasteiger partial charge in [0.2, 0.25) is 6.79 Å². The minimum atomic E-state index is -0.330. The van der Waals surface area contributed by atoms with E-state index in [0.29, 0.717) is 17.1 Å². The van der Waals surface area contributed by atoms with Gasteiger partial charge in [-0.3, -0.25) is 0 Å². The number of nitrogens with one attached hydrogen (secondary N) is 1. The molecule has 0 saturated carbocycles. The van der Waals surface area contributed by atoms with Crippen LogP contribution in [0.4, 0.5) is 0 Å². The van der Waals surface area contributed by atoms with Gasteiger partial charge in [-0.2, -0.15) is 0 Å². The fourth-order valence-electron chi connectivity index (χ4n) is 2.87. The quantitative estimate of drug-likeness (QED) is 0.785. The van der Waals surface area contributed by atoms with E-state index < -0.39 is 0 Å². The molecule has 1 aromatic carbocycles. The third kappa shape index (κ3) is 2.36. The maximum Gasteiger partial charge on any atom is 0.336 e. The number of hydrogen-bond acceptors (Lipinski definition) is 5. The average molecular weight is 290 g/mol. The van der Waals surface area contributed by atoms with Crippen molar-refractivity contribution in [1.29, 1.82) is 0 Å². The fourth-order valence-corrected chi connectivity index (χ4v) is 2.87. The van der Waals surface area contributed by atoms with Crippen LogP contribution in [0.15, 0.2) is 27.4 Å². The number of morpholine rings is 1. The topological polar surface area (TPSA) is 62.3 Å². The van der Waals surface area contributed by atoms with Gasteiger partial charge in [-0.15, -0.1) is 0 Å². The second-order valence-corrected chi connectivity index (χ2v) is 5.33. The lowest BCUT2D eigenvalue weighted by molar-refractivity contribution is -0.921. The Morgan fingerprint density at radius 1 is 1.05 bits per heavy atom. The van der Waals surface area contributed by atoms with Crippen LogP contribution >= 0.6 is 0 Å². The molecular weight excluding hydrogens is 274 g/mol. The van der Waals surface area contributed by atoms with E-state index >= 15 is 0 Å². The minimum absolute atomic E-state index is 0.208. The molecule has 110 valence electrons. The molecule has 0 amide bonds. The van der Waals surface area contributed by atoms with Gasteiger partial charge >= 0.3 is 5.63 Å². The van der Waals surface area contributed by atoms with Crippen LogP contribution in [-0.4, -0.2) is 33.1 Å². The van der Waals surface area contributed by atoms with Crippen LogP contribution in [0, 0.1) is 0 Å². The smallest absolute Gasteiger partial charge is 0.336 e. The van der Waals surface area contributed by atoms with Gasteiger partial charge in [-0.05, 0) is 6.07 Å². The Morgan fingerprint density at radius 3 is 2.62 bits per heavy atom. The summed E-state index contributed by atoms with van der Waals surface area (Å²) in [5, 5.41) is 0.915. The number of hydrogen-bond donors (Lipinski definition) is 1. The van der Waals surface area contributed by atoms with Crippen molar-refractivity contribution in [1.82, 2.24) is 0 Å². The van der Waals surface area contributed by atoms with Gasteiger partial charge in [0.25, 0.3) is 0 Å². The third-order valence-electron chi connectivity index (χ3n) is 3.96. The van der Waals surface area contributed by atoms with E-state index in [1.807, 2.05) is 6.07 Å². The molecule has 4 rings (SSSR count). The van der Waals surface area contributed by atoms with Gasteiger partial charge in [0.05, 0.1) is 13.2 Å². The largest absolute Gasteiger partial charge is 0.454 e. The summed E-state index contributed by atoms with van der Waals surface area (Å²) in [5.41, 5.74) is 1.20. The maximum atomic E-state index is 11.8. The van der Waals surface area contributed by atoms with E-state index in [2.05, 4.69) is 0 Å². The molecule has 0 atom stereocenters. The van der Waals surface area contributed by atoms with E-state index in [9.17, 15) is 4.79 Å². The number of rotatable bonds is 2. The SMILES string of the molecule is O=c1cc(C[NH+]2CCOCC2)c2cc3c(cc2o1)OCO3. The van der Waals surface area contributed by atoms with Crippen molar-refractivity contribution in [3.63, 3.8) is 0 Å². The van der Waals surface area contributed by atoms with Crippen molar-refractivity contribution in [3.8, 4) is 11.5 Å². The molecule has 6 nitrogen and oxygen atoms in total. The molecule has 0 bridgehead atoms. The predicted molar refractivity (Wildman–Crippen MR) is 73.8 cm³/mol. The fraction of sp³-hybridized carbons (Fsp3) is 0.400. The molecule has 1 fully saturated rings. The number of quaternary nitrogens is 1. The molecule has 1 N–H and O–H groups in total. The third-order valence-corrected chi connectivity index (χ3v) is 3.96. The van der Waals surface area contributed by atoms with Crippen LogP contribution in [0.25, 0.3) is 11.0 Å². The molecule has 2 aromatic rings. The highest BCUT2D eigenvalue weighted by Crippen LogP contribution is 2.36. The van der Waals surface area contributed by atoms with Crippen LogP contribution in [0.2, 0.25) is 0 Å². The average Bonchev–Trinajstić information content (AvgIpc) is 2.93. The van der Waals surface area contributed by atoms with Gasteiger partial charge in [0.1, 0.15) is 25.2 Å². The summed E-state index contributed by atoms with van der Waals surface area (Å²) in [5.74, 6) is 1.33. The normalized spacial score (nSPS) is 18.3. The van der Waals surface area contributed by atoms with Crippen LogP contribution < -0.4 is 20.0 Å². The van der Waals surface area contributed by atoms with E-state index in [1.165, 1.54) is 4.90 Å². The Bertz CT molecular complexity index is 733. The number of ether oxygens (including phenoxy) is 3. The van der Waals surface area contributed by atoms with Crippen molar-refractivity contribution >= 4 is 11.0 Å². The maximum absolute atomic E-state index is 11.8. The van der Waals surface area contributed by atoms with Gasteiger partial charge in [0, 0.05) is 23.1 Å². The highest BCUT2D eigenvalue weighted by molar-refractivity contribution is 5.84. The van der Waals surface area contributed by atoms with Gasteiger partial charge in [0.15, 0.2) is 11.5 Å². The highest BCUT2D eigenvalue weighted by Gasteiger charge is 2.20. The van der Waals surface area contributed by atoms with Crippen molar-refractivity contribution in [2.45, 2.75) is 6.54 Å². The second-order valence-electron chi connectivity index (χ2n) is 5.33. The molecule has 6 heteroatoms. The minimum Gasteiger partial charge on any atom is -0.454 e. The zero-order valence-corrected chi connectivity index (χ0v) is 11.5. The predicted octanol–water partition coefficient (Wildman–Crippen LogP) is -0.0632. The Hall–Kier alpha value is -2.05. The Morgan fingerprint density at radius 2 is 1.81 bits per heavy atom. The first kappa shape index (κ1) is 12.7. The molecular formula is C15H16NO5+. The summed E-state index contributed by atoms with van der Waals surface area (Å²) in [6.07, 6.45) is 0. The lowest BCUT2D eigenvalue weighted by Gasteiger charge is -2.24. The summed E-state index contributed by atoms with van der Waals surface area (Å²) < 4.78 is 21.4. The summed E-state index contributed by atoms with van der Waals surface area (Å²) in [6, 6.07) is 5.21. The van der Waals surface area contributed by atoms with Crippen LogP contribution in [-0.2, 0) is 11.3 Å². The van der Waals surface area contributed by atoms with Crippen molar-refractivity contribution < 1.29 is 23.5 Å². The molecule has 21 heavy (non-hydrogen) atoms. The number of fused-ring (bicyclic) bond motifs is 2.